The number of alkyl halides is 3. The molecule has 0 aromatic carbocycles. The molecule has 0 aliphatic carbocycles. The first kappa shape index (κ1) is 11.9. The summed E-state index contributed by atoms with van der Waals surface area (Å²) in [6.07, 6.45) is -4.14. The summed E-state index contributed by atoms with van der Waals surface area (Å²) in [7, 11) is 0. The standard InChI is InChI=1S/C7H10F3N3O2/c8-7(9,10)4-14-2-1-5-12-6(3-11)15-13-5/h1-4,11H2. The molecule has 0 radical (unpaired) electrons. The van der Waals surface area contributed by atoms with Crippen LogP contribution in [0.2, 0.25) is 0 Å². The fourth-order valence-corrected chi connectivity index (χ4v) is 0.826. The van der Waals surface area contributed by atoms with E-state index in [2.05, 4.69) is 19.4 Å². The normalized spacial score (nSPS) is 12.0. The fourth-order valence-electron chi connectivity index (χ4n) is 0.826. The molecule has 8 heteroatoms. The van der Waals surface area contributed by atoms with E-state index in [0.717, 1.165) is 0 Å². The summed E-state index contributed by atoms with van der Waals surface area (Å²) < 4.78 is 44.0. The molecule has 1 aromatic rings. The summed E-state index contributed by atoms with van der Waals surface area (Å²) in [5, 5.41) is 3.49. The van der Waals surface area contributed by atoms with Gasteiger partial charge in [-0.3, -0.25) is 0 Å². The molecular formula is C7H10F3N3O2. The Kier molecular flexibility index (Phi) is 4.04. The smallest absolute Gasteiger partial charge is 0.372 e. The van der Waals surface area contributed by atoms with Gasteiger partial charge in [0.2, 0.25) is 5.89 Å². The molecule has 0 bridgehead atoms. The third-order valence-electron chi connectivity index (χ3n) is 1.42. The van der Waals surface area contributed by atoms with Gasteiger partial charge in [-0.05, 0) is 0 Å². The number of hydrogen-bond acceptors (Lipinski definition) is 5. The largest absolute Gasteiger partial charge is 0.411 e. The molecule has 2 N–H and O–H groups in total. The van der Waals surface area contributed by atoms with Gasteiger partial charge in [0, 0.05) is 6.42 Å². The van der Waals surface area contributed by atoms with E-state index < -0.39 is 12.8 Å². The topological polar surface area (TPSA) is 74.2 Å². The van der Waals surface area contributed by atoms with Crippen LogP contribution in [0.5, 0.6) is 0 Å². The van der Waals surface area contributed by atoms with Crippen molar-refractivity contribution in [2.75, 3.05) is 13.2 Å². The first-order valence-corrected chi connectivity index (χ1v) is 4.17. The van der Waals surface area contributed by atoms with Crippen LogP contribution in [0.25, 0.3) is 0 Å². The number of nitrogens with two attached hydrogens (primary N) is 1. The molecule has 0 spiro atoms. The lowest BCUT2D eigenvalue weighted by molar-refractivity contribution is -0.173. The highest BCUT2D eigenvalue weighted by molar-refractivity contribution is 4.85. The lowest BCUT2D eigenvalue weighted by Gasteiger charge is -2.05. The second-order valence-electron chi connectivity index (χ2n) is 2.73. The Hall–Kier alpha value is -1.15. The van der Waals surface area contributed by atoms with E-state index in [9.17, 15) is 13.2 Å². The third-order valence-corrected chi connectivity index (χ3v) is 1.42. The zero-order valence-electron chi connectivity index (χ0n) is 7.75. The molecule has 1 heterocycles. The number of rotatable bonds is 5. The summed E-state index contributed by atoms with van der Waals surface area (Å²) >= 11 is 0. The molecule has 0 saturated heterocycles. The van der Waals surface area contributed by atoms with Crippen LogP contribution in [0.4, 0.5) is 13.2 Å². The van der Waals surface area contributed by atoms with Gasteiger partial charge in [0.05, 0.1) is 13.2 Å². The van der Waals surface area contributed by atoms with Crippen LogP contribution in [-0.4, -0.2) is 29.5 Å². The van der Waals surface area contributed by atoms with Crippen molar-refractivity contribution in [2.45, 2.75) is 19.1 Å². The van der Waals surface area contributed by atoms with Gasteiger partial charge < -0.3 is 15.0 Å². The summed E-state index contributed by atoms with van der Waals surface area (Å²) in [5.74, 6) is 0.540. The second-order valence-corrected chi connectivity index (χ2v) is 2.73. The van der Waals surface area contributed by atoms with Crippen LogP contribution in [0.1, 0.15) is 11.7 Å². The minimum atomic E-state index is -4.31. The van der Waals surface area contributed by atoms with Crippen molar-refractivity contribution in [3.05, 3.63) is 11.7 Å². The lowest BCUT2D eigenvalue weighted by atomic mass is 10.4. The van der Waals surface area contributed by atoms with Crippen molar-refractivity contribution in [1.82, 2.24) is 10.1 Å². The van der Waals surface area contributed by atoms with E-state index in [1.807, 2.05) is 0 Å². The van der Waals surface area contributed by atoms with Gasteiger partial charge in [0.15, 0.2) is 5.82 Å². The van der Waals surface area contributed by atoms with Crippen molar-refractivity contribution >= 4 is 0 Å². The minimum Gasteiger partial charge on any atom is -0.372 e. The molecule has 0 amide bonds. The van der Waals surface area contributed by atoms with Crippen LogP contribution in [0.15, 0.2) is 4.52 Å². The Morgan fingerprint density at radius 1 is 1.40 bits per heavy atom. The zero-order valence-corrected chi connectivity index (χ0v) is 7.75. The molecular weight excluding hydrogens is 215 g/mol. The number of ether oxygens (including phenoxy) is 1. The van der Waals surface area contributed by atoms with Crippen molar-refractivity contribution < 1.29 is 22.4 Å². The van der Waals surface area contributed by atoms with E-state index in [-0.39, 0.29) is 31.3 Å². The highest BCUT2D eigenvalue weighted by Gasteiger charge is 2.27. The van der Waals surface area contributed by atoms with Gasteiger partial charge in [0.1, 0.15) is 6.61 Å². The van der Waals surface area contributed by atoms with Gasteiger partial charge in [-0.1, -0.05) is 5.16 Å². The van der Waals surface area contributed by atoms with Crippen molar-refractivity contribution in [3.8, 4) is 0 Å². The Balaban J connectivity index is 2.20. The number of aromatic nitrogens is 2. The molecule has 0 unspecified atom stereocenters. The number of nitrogens with zero attached hydrogens (tertiary/aromatic N) is 2. The third kappa shape index (κ3) is 4.75. The van der Waals surface area contributed by atoms with Crippen LogP contribution < -0.4 is 5.73 Å². The maximum atomic E-state index is 11.6. The SMILES string of the molecule is NCc1nc(CCOCC(F)(F)F)no1. The summed E-state index contributed by atoms with van der Waals surface area (Å²) in [6.45, 7) is -1.27. The van der Waals surface area contributed by atoms with Crippen molar-refractivity contribution in [1.29, 1.82) is 0 Å². The molecule has 0 atom stereocenters. The highest BCUT2D eigenvalue weighted by atomic mass is 19.4. The molecule has 86 valence electrons. The molecule has 0 saturated carbocycles. The molecule has 1 aromatic heterocycles. The molecule has 0 aliphatic rings. The molecule has 15 heavy (non-hydrogen) atoms. The average molecular weight is 225 g/mol. The van der Waals surface area contributed by atoms with Crippen LogP contribution in [-0.2, 0) is 17.7 Å². The zero-order chi connectivity index (χ0) is 11.3. The Morgan fingerprint density at radius 2 is 2.13 bits per heavy atom. The summed E-state index contributed by atoms with van der Waals surface area (Å²) in [4.78, 5) is 3.80. The molecule has 0 aliphatic heterocycles. The van der Waals surface area contributed by atoms with Gasteiger partial charge >= 0.3 is 6.18 Å². The van der Waals surface area contributed by atoms with E-state index in [0.29, 0.717) is 0 Å². The number of hydrogen-bond donors (Lipinski definition) is 1. The average Bonchev–Trinajstić information content (AvgIpc) is 2.59. The van der Waals surface area contributed by atoms with E-state index >= 15 is 0 Å². The second kappa shape index (κ2) is 5.08. The first-order chi connectivity index (χ1) is 7.01. The maximum Gasteiger partial charge on any atom is 0.411 e. The van der Waals surface area contributed by atoms with E-state index in [1.165, 1.54) is 0 Å². The Bertz CT molecular complexity index is 300. The van der Waals surface area contributed by atoms with Gasteiger partial charge in [-0.15, -0.1) is 0 Å². The molecule has 5 nitrogen and oxygen atoms in total. The first-order valence-electron chi connectivity index (χ1n) is 4.17. The monoisotopic (exact) mass is 225 g/mol. The van der Waals surface area contributed by atoms with Gasteiger partial charge in [-0.25, -0.2) is 0 Å². The fraction of sp³-hybridized carbons (Fsp3) is 0.714. The summed E-state index contributed by atoms with van der Waals surface area (Å²) in [5.41, 5.74) is 5.20. The van der Waals surface area contributed by atoms with Gasteiger partial charge in [0.25, 0.3) is 0 Å². The molecule has 1 rings (SSSR count). The van der Waals surface area contributed by atoms with Crippen LogP contribution in [0.3, 0.4) is 0 Å². The van der Waals surface area contributed by atoms with E-state index in [1.54, 1.807) is 0 Å². The predicted molar refractivity (Wildman–Crippen MR) is 42.8 cm³/mol. The molecule has 0 fully saturated rings. The van der Waals surface area contributed by atoms with Crippen molar-refractivity contribution in [2.24, 2.45) is 5.73 Å². The van der Waals surface area contributed by atoms with Crippen LogP contribution in [0, 0.1) is 0 Å². The quantitative estimate of drug-likeness (QED) is 0.744. The van der Waals surface area contributed by atoms with E-state index in [4.69, 9.17) is 5.73 Å². The minimum absolute atomic E-state index is 0.108. The Morgan fingerprint density at radius 3 is 2.67 bits per heavy atom. The van der Waals surface area contributed by atoms with Gasteiger partial charge in [-0.2, -0.15) is 18.2 Å². The van der Waals surface area contributed by atoms with Crippen LogP contribution >= 0.6 is 0 Å². The lowest BCUT2D eigenvalue weighted by Crippen LogP contribution is -2.18. The highest BCUT2D eigenvalue weighted by Crippen LogP contribution is 2.14. The van der Waals surface area contributed by atoms with Crippen molar-refractivity contribution in [3.63, 3.8) is 0 Å². The maximum absolute atomic E-state index is 11.6. The predicted octanol–water partition coefficient (Wildman–Crippen LogP) is 0.650. The summed E-state index contributed by atoms with van der Waals surface area (Å²) in [6, 6.07) is 0. The Labute approximate surface area is 83.4 Å². The number of halogens is 3.